The topological polar surface area (TPSA) is 68.1 Å². The third-order valence-corrected chi connectivity index (χ3v) is 4.47. The molecule has 0 spiro atoms. The fourth-order valence-corrected chi connectivity index (χ4v) is 2.90. The lowest BCUT2D eigenvalue weighted by molar-refractivity contribution is -0.384. The molecule has 0 bridgehead atoms. The Bertz CT molecular complexity index is 652. The van der Waals surface area contributed by atoms with Gasteiger partial charge in [0.2, 0.25) is 0 Å². The van der Waals surface area contributed by atoms with E-state index in [1.54, 1.807) is 22.9 Å². The summed E-state index contributed by atoms with van der Waals surface area (Å²) in [6, 6.07) is 3.44. The molecule has 1 unspecified atom stereocenters. The fraction of sp³-hybridized carbons (Fsp3) is 0.357. The van der Waals surface area contributed by atoms with E-state index in [-0.39, 0.29) is 16.7 Å². The molecule has 2 aromatic rings. The van der Waals surface area contributed by atoms with E-state index in [4.69, 9.17) is 0 Å². The average molecular weight is 291 g/mol. The number of nitrogens with one attached hydrogen (secondary N) is 1. The molecule has 1 N–H and O–H groups in total. The number of rotatable bonds is 4. The molecule has 0 radical (unpaired) electrons. The van der Waals surface area contributed by atoms with Crippen molar-refractivity contribution in [2.45, 2.75) is 33.7 Å². The van der Waals surface area contributed by atoms with Crippen molar-refractivity contribution < 1.29 is 4.92 Å². The Morgan fingerprint density at radius 3 is 2.50 bits per heavy atom. The highest BCUT2D eigenvalue weighted by atomic mass is 32.1. The first-order valence-electron chi connectivity index (χ1n) is 6.32. The SMILES string of the molecule is Cc1cc(NC(C)c2scnc2C)c([N+](=O)[O-])cc1C. The molecular formula is C14H17N3O2S. The third kappa shape index (κ3) is 2.80. The van der Waals surface area contributed by atoms with Crippen molar-refractivity contribution in [2.24, 2.45) is 0 Å². The number of hydrogen-bond acceptors (Lipinski definition) is 5. The van der Waals surface area contributed by atoms with Crippen molar-refractivity contribution >= 4 is 22.7 Å². The number of thiazole rings is 1. The molecule has 1 aromatic carbocycles. The van der Waals surface area contributed by atoms with Crippen molar-refractivity contribution in [3.05, 3.63) is 49.5 Å². The number of hydrogen-bond donors (Lipinski definition) is 1. The zero-order valence-corrected chi connectivity index (χ0v) is 12.7. The van der Waals surface area contributed by atoms with E-state index in [0.717, 1.165) is 21.7 Å². The molecule has 106 valence electrons. The van der Waals surface area contributed by atoms with Crippen LogP contribution in [0.2, 0.25) is 0 Å². The summed E-state index contributed by atoms with van der Waals surface area (Å²) in [6.07, 6.45) is 0. The number of nitrogens with zero attached hydrogens (tertiary/aromatic N) is 2. The van der Waals surface area contributed by atoms with Gasteiger partial charge >= 0.3 is 0 Å². The molecule has 0 aliphatic carbocycles. The first-order chi connectivity index (χ1) is 9.40. The number of anilines is 1. The molecule has 20 heavy (non-hydrogen) atoms. The molecule has 5 nitrogen and oxygen atoms in total. The zero-order valence-electron chi connectivity index (χ0n) is 11.9. The van der Waals surface area contributed by atoms with Gasteiger partial charge in [0.1, 0.15) is 5.69 Å². The van der Waals surface area contributed by atoms with Crippen molar-refractivity contribution in [1.29, 1.82) is 0 Å². The van der Waals surface area contributed by atoms with Crippen LogP contribution in [0.15, 0.2) is 17.6 Å². The van der Waals surface area contributed by atoms with Crippen molar-refractivity contribution in [1.82, 2.24) is 4.98 Å². The van der Waals surface area contributed by atoms with Gasteiger partial charge in [-0.05, 0) is 44.9 Å². The lowest BCUT2D eigenvalue weighted by atomic mass is 10.1. The van der Waals surface area contributed by atoms with E-state index >= 15 is 0 Å². The Morgan fingerprint density at radius 1 is 1.30 bits per heavy atom. The highest BCUT2D eigenvalue weighted by Gasteiger charge is 2.19. The highest BCUT2D eigenvalue weighted by molar-refractivity contribution is 7.09. The molecule has 1 heterocycles. The Labute approximate surface area is 121 Å². The van der Waals surface area contributed by atoms with Crippen LogP contribution in [-0.4, -0.2) is 9.91 Å². The molecule has 2 rings (SSSR count). The van der Waals surface area contributed by atoms with E-state index in [2.05, 4.69) is 10.3 Å². The molecule has 0 aliphatic heterocycles. The van der Waals surface area contributed by atoms with Gasteiger partial charge in [0.05, 0.1) is 22.2 Å². The Kier molecular flexibility index (Phi) is 4.04. The molecular weight excluding hydrogens is 274 g/mol. The van der Waals surface area contributed by atoms with Gasteiger partial charge in [-0.2, -0.15) is 0 Å². The van der Waals surface area contributed by atoms with Gasteiger partial charge in [-0.1, -0.05) is 0 Å². The molecule has 0 saturated heterocycles. The van der Waals surface area contributed by atoms with Crippen molar-refractivity contribution in [3.63, 3.8) is 0 Å². The molecule has 6 heteroatoms. The van der Waals surface area contributed by atoms with Crippen LogP contribution in [0, 0.1) is 30.9 Å². The largest absolute Gasteiger partial charge is 0.372 e. The predicted octanol–water partition coefficient (Wildman–Crippen LogP) is 4.15. The lowest BCUT2D eigenvalue weighted by Gasteiger charge is -2.15. The summed E-state index contributed by atoms with van der Waals surface area (Å²) in [5.41, 5.74) is 5.37. The Balaban J connectivity index is 2.36. The molecule has 0 saturated carbocycles. The molecule has 0 amide bonds. The van der Waals surface area contributed by atoms with Gasteiger partial charge in [0.15, 0.2) is 0 Å². The maximum absolute atomic E-state index is 11.2. The van der Waals surface area contributed by atoms with E-state index in [1.165, 1.54) is 0 Å². The smallest absolute Gasteiger partial charge is 0.292 e. The van der Waals surface area contributed by atoms with Gasteiger partial charge < -0.3 is 5.32 Å². The van der Waals surface area contributed by atoms with E-state index in [1.807, 2.05) is 33.8 Å². The third-order valence-electron chi connectivity index (χ3n) is 3.36. The number of benzene rings is 1. The lowest BCUT2D eigenvalue weighted by Crippen LogP contribution is -2.09. The number of aromatic nitrogens is 1. The predicted molar refractivity (Wildman–Crippen MR) is 81.5 cm³/mol. The van der Waals surface area contributed by atoms with Gasteiger partial charge in [0.25, 0.3) is 5.69 Å². The van der Waals surface area contributed by atoms with E-state index in [0.29, 0.717) is 5.69 Å². The standard InChI is InChI=1S/C14H17N3O2S/c1-8-5-12(13(17(18)19)6-9(8)2)16-11(4)14-10(3)15-7-20-14/h5-7,11,16H,1-4H3. The minimum Gasteiger partial charge on any atom is -0.372 e. The molecule has 0 fully saturated rings. The monoisotopic (exact) mass is 291 g/mol. The van der Waals surface area contributed by atoms with Crippen molar-refractivity contribution in [2.75, 3.05) is 5.32 Å². The Hall–Kier alpha value is -1.95. The van der Waals surface area contributed by atoms with Crippen LogP contribution in [0.25, 0.3) is 0 Å². The summed E-state index contributed by atoms with van der Waals surface area (Å²) < 4.78 is 0. The summed E-state index contributed by atoms with van der Waals surface area (Å²) in [5.74, 6) is 0. The molecule has 0 aliphatic rings. The van der Waals surface area contributed by atoms with Crippen LogP contribution >= 0.6 is 11.3 Å². The van der Waals surface area contributed by atoms with Crippen LogP contribution in [0.5, 0.6) is 0 Å². The summed E-state index contributed by atoms with van der Waals surface area (Å²) in [7, 11) is 0. The van der Waals surface area contributed by atoms with Gasteiger partial charge in [-0.3, -0.25) is 10.1 Å². The summed E-state index contributed by atoms with van der Waals surface area (Å²) in [6.45, 7) is 7.76. The average Bonchev–Trinajstić information content (AvgIpc) is 2.79. The fourth-order valence-electron chi connectivity index (χ4n) is 2.09. The molecule has 1 atom stereocenters. The zero-order chi connectivity index (χ0) is 14.9. The van der Waals surface area contributed by atoms with Crippen LogP contribution in [0.4, 0.5) is 11.4 Å². The maximum atomic E-state index is 11.2. The number of nitro benzene ring substituents is 1. The highest BCUT2D eigenvalue weighted by Crippen LogP contribution is 2.32. The van der Waals surface area contributed by atoms with Gasteiger partial charge in [-0.25, -0.2) is 4.98 Å². The van der Waals surface area contributed by atoms with Crippen molar-refractivity contribution in [3.8, 4) is 0 Å². The van der Waals surface area contributed by atoms with Crippen LogP contribution in [-0.2, 0) is 0 Å². The minimum absolute atomic E-state index is 0.0108. The number of aryl methyl sites for hydroxylation is 3. The van der Waals surface area contributed by atoms with Crippen LogP contribution in [0.1, 0.15) is 34.7 Å². The normalized spacial score (nSPS) is 12.2. The first-order valence-corrected chi connectivity index (χ1v) is 7.20. The summed E-state index contributed by atoms with van der Waals surface area (Å²) >= 11 is 1.56. The van der Waals surface area contributed by atoms with E-state index < -0.39 is 0 Å². The van der Waals surface area contributed by atoms with Gasteiger partial charge in [0, 0.05) is 10.9 Å². The molecule has 1 aromatic heterocycles. The second kappa shape index (κ2) is 5.58. The number of nitro groups is 1. The van der Waals surface area contributed by atoms with Crippen LogP contribution in [0.3, 0.4) is 0 Å². The van der Waals surface area contributed by atoms with E-state index in [9.17, 15) is 10.1 Å². The van der Waals surface area contributed by atoms with Gasteiger partial charge in [-0.15, -0.1) is 11.3 Å². The second-order valence-electron chi connectivity index (χ2n) is 4.88. The second-order valence-corrected chi connectivity index (χ2v) is 5.77. The summed E-state index contributed by atoms with van der Waals surface area (Å²) in [5, 5.41) is 14.4. The first kappa shape index (κ1) is 14.5. The van der Waals surface area contributed by atoms with Crippen LogP contribution < -0.4 is 5.32 Å². The quantitative estimate of drug-likeness (QED) is 0.678. The summed E-state index contributed by atoms with van der Waals surface area (Å²) in [4.78, 5) is 16.1. The Morgan fingerprint density at radius 2 is 1.95 bits per heavy atom. The minimum atomic E-state index is -0.346. The maximum Gasteiger partial charge on any atom is 0.292 e.